The molecule has 0 unspecified atom stereocenters. The van der Waals surface area contributed by atoms with Gasteiger partial charge < -0.3 is 20.0 Å². The minimum Gasteiger partial charge on any atom is -0.348 e. The maximum Gasteiger partial charge on any atom is 0.233 e. The molecule has 3 amide bonds. The minimum absolute atomic E-state index is 0.0473. The Labute approximate surface area is 132 Å². The fraction of sp³-hybridized carbons (Fsp3) is 0.714. The summed E-state index contributed by atoms with van der Waals surface area (Å²) in [5.41, 5.74) is 0. The van der Waals surface area contributed by atoms with Crippen LogP contribution in [0.2, 0.25) is 0 Å². The molecule has 1 N–H and O–H groups in total. The Balaban J connectivity index is 0. The van der Waals surface area contributed by atoms with Gasteiger partial charge in [-0.2, -0.15) is 0 Å². The van der Waals surface area contributed by atoms with E-state index in [-0.39, 0.29) is 43.0 Å². The fourth-order valence-corrected chi connectivity index (χ4v) is 1.25. The summed E-state index contributed by atoms with van der Waals surface area (Å²) in [4.78, 5) is 49.3. The van der Waals surface area contributed by atoms with E-state index >= 15 is 0 Å². The highest BCUT2D eigenvalue weighted by molar-refractivity contribution is 5.98. The van der Waals surface area contributed by atoms with Gasteiger partial charge in [0.15, 0.2) is 0 Å². The molecule has 0 saturated heterocycles. The molecule has 22 heavy (non-hydrogen) atoms. The van der Waals surface area contributed by atoms with Crippen LogP contribution in [0.25, 0.3) is 0 Å². The van der Waals surface area contributed by atoms with Crippen LogP contribution in [-0.2, 0) is 19.2 Å². The standard InChI is InChI=1S/C12H21N3O4.C2H7N/c1-9(16)6-11(18)14(4)8-15(5)12(19)7-10(17)13(2)3;1-3-2/h6-8H2,1-5H3;3H,1-2H3. The molecule has 0 aromatic rings. The molecule has 0 aromatic carbocycles. The van der Waals surface area contributed by atoms with Gasteiger partial charge in [-0.25, -0.2) is 0 Å². The van der Waals surface area contributed by atoms with Crippen molar-refractivity contribution in [2.24, 2.45) is 0 Å². The van der Waals surface area contributed by atoms with Crippen molar-refractivity contribution in [1.82, 2.24) is 20.0 Å². The molecule has 0 aliphatic rings. The molecular formula is C14H28N4O4. The van der Waals surface area contributed by atoms with Crippen LogP contribution >= 0.6 is 0 Å². The Morgan fingerprint density at radius 1 is 0.773 bits per heavy atom. The lowest BCUT2D eigenvalue weighted by molar-refractivity contribution is -0.141. The van der Waals surface area contributed by atoms with Crippen molar-refractivity contribution in [1.29, 1.82) is 0 Å². The largest absolute Gasteiger partial charge is 0.348 e. The first kappa shape index (κ1) is 22.3. The number of ketones is 1. The molecule has 0 bridgehead atoms. The van der Waals surface area contributed by atoms with Crippen molar-refractivity contribution >= 4 is 23.5 Å². The van der Waals surface area contributed by atoms with E-state index in [9.17, 15) is 19.2 Å². The zero-order chi connectivity index (χ0) is 17.9. The first-order valence-corrected chi connectivity index (χ1v) is 6.82. The van der Waals surface area contributed by atoms with Gasteiger partial charge in [0.25, 0.3) is 0 Å². The van der Waals surface area contributed by atoms with Crippen LogP contribution in [0.5, 0.6) is 0 Å². The van der Waals surface area contributed by atoms with E-state index in [1.165, 1.54) is 35.7 Å². The van der Waals surface area contributed by atoms with Gasteiger partial charge in [0.05, 0.1) is 13.1 Å². The van der Waals surface area contributed by atoms with Gasteiger partial charge in [-0.15, -0.1) is 0 Å². The van der Waals surface area contributed by atoms with Crippen molar-refractivity contribution in [2.75, 3.05) is 49.0 Å². The molecule has 0 heterocycles. The van der Waals surface area contributed by atoms with E-state index in [4.69, 9.17) is 0 Å². The van der Waals surface area contributed by atoms with Crippen LogP contribution in [0.15, 0.2) is 0 Å². The average Bonchev–Trinajstić information content (AvgIpc) is 2.38. The highest BCUT2D eigenvalue weighted by Gasteiger charge is 2.18. The normalized spacial score (nSPS) is 9.23. The molecule has 8 heteroatoms. The molecule has 0 spiro atoms. The lowest BCUT2D eigenvalue weighted by Crippen LogP contribution is -2.42. The zero-order valence-corrected chi connectivity index (χ0v) is 14.6. The molecule has 0 aliphatic heterocycles. The number of nitrogens with zero attached hydrogens (tertiary/aromatic N) is 3. The van der Waals surface area contributed by atoms with Crippen LogP contribution in [0.4, 0.5) is 0 Å². The molecule has 0 aromatic heterocycles. The van der Waals surface area contributed by atoms with Gasteiger partial charge in [0, 0.05) is 28.2 Å². The second kappa shape index (κ2) is 11.7. The quantitative estimate of drug-likeness (QED) is 0.509. The summed E-state index contributed by atoms with van der Waals surface area (Å²) in [6.07, 6.45) is -0.423. The highest BCUT2D eigenvalue weighted by Crippen LogP contribution is 1.98. The Bertz CT molecular complexity index is 396. The van der Waals surface area contributed by atoms with E-state index in [1.54, 1.807) is 14.1 Å². The maximum atomic E-state index is 11.7. The van der Waals surface area contributed by atoms with E-state index in [1.807, 2.05) is 14.1 Å². The molecule has 0 fully saturated rings. The van der Waals surface area contributed by atoms with Gasteiger partial charge in [0.2, 0.25) is 17.7 Å². The van der Waals surface area contributed by atoms with Gasteiger partial charge in [-0.3, -0.25) is 19.2 Å². The molecule has 8 nitrogen and oxygen atoms in total. The number of carbonyl (C=O) groups excluding carboxylic acids is 4. The number of amides is 3. The van der Waals surface area contributed by atoms with Crippen molar-refractivity contribution in [2.45, 2.75) is 19.8 Å². The molecule has 0 radical (unpaired) electrons. The van der Waals surface area contributed by atoms with Gasteiger partial charge in [0.1, 0.15) is 12.2 Å². The first-order chi connectivity index (χ1) is 10.1. The molecule has 0 rings (SSSR count). The number of rotatable bonds is 6. The monoisotopic (exact) mass is 316 g/mol. The summed E-state index contributed by atoms with van der Waals surface area (Å²) in [5, 5.41) is 2.75. The summed E-state index contributed by atoms with van der Waals surface area (Å²) < 4.78 is 0. The lowest BCUT2D eigenvalue weighted by Gasteiger charge is -2.24. The molecule has 0 atom stereocenters. The fourth-order valence-electron chi connectivity index (χ4n) is 1.25. The topological polar surface area (TPSA) is 90.0 Å². The highest BCUT2D eigenvalue weighted by atomic mass is 16.2. The first-order valence-electron chi connectivity index (χ1n) is 6.82. The summed E-state index contributed by atoms with van der Waals surface area (Å²) in [7, 11) is 9.89. The van der Waals surface area contributed by atoms with E-state index in [0.29, 0.717) is 0 Å². The summed E-state index contributed by atoms with van der Waals surface area (Å²) in [6, 6.07) is 0. The predicted octanol–water partition coefficient (Wildman–Crippen LogP) is -0.846. The Morgan fingerprint density at radius 3 is 1.45 bits per heavy atom. The summed E-state index contributed by atoms with van der Waals surface area (Å²) >= 11 is 0. The smallest absolute Gasteiger partial charge is 0.233 e. The van der Waals surface area contributed by atoms with E-state index < -0.39 is 0 Å². The predicted molar refractivity (Wildman–Crippen MR) is 84.0 cm³/mol. The van der Waals surface area contributed by atoms with Gasteiger partial charge in [-0.05, 0) is 21.0 Å². The number of hydrogen-bond donors (Lipinski definition) is 1. The third-order valence-electron chi connectivity index (χ3n) is 2.48. The maximum absolute atomic E-state index is 11.7. The third-order valence-corrected chi connectivity index (χ3v) is 2.48. The number of carbonyl (C=O) groups is 4. The van der Waals surface area contributed by atoms with Crippen LogP contribution in [-0.4, -0.2) is 87.2 Å². The van der Waals surface area contributed by atoms with Crippen LogP contribution < -0.4 is 5.32 Å². The van der Waals surface area contributed by atoms with Crippen molar-refractivity contribution < 1.29 is 19.2 Å². The van der Waals surface area contributed by atoms with Gasteiger partial charge in [-0.1, -0.05) is 0 Å². The van der Waals surface area contributed by atoms with Gasteiger partial charge >= 0.3 is 0 Å². The number of nitrogens with one attached hydrogen (secondary N) is 1. The number of Topliss-reactive ketones (excluding diaryl/α,β-unsaturated/α-hetero) is 1. The van der Waals surface area contributed by atoms with E-state index in [0.717, 1.165) is 0 Å². The van der Waals surface area contributed by atoms with E-state index in [2.05, 4.69) is 5.32 Å². The minimum atomic E-state index is -0.374. The summed E-state index contributed by atoms with van der Waals surface area (Å²) in [5.74, 6) is -1.25. The second-order valence-corrected chi connectivity index (χ2v) is 5.17. The molecular weight excluding hydrogens is 288 g/mol. The third kappa shape index (κ3) is 10.8. The second-order valence-electron chi connectivity index (χ2n) is 5.17. The molecule has 0 saturated carbocycles. The van der Waals surface area contributed by atoms with Crippen molar-refractivity contribution in [3.63, 3.8) is 0 Å². The Hall–Kier alpha value is -1.96. The van der Waals surface area contributed by atoms with Crippen LogP contribution in [0.3, 0.4) is 0 Å². The Kier molecular flexibility index (Phi) is 11.8. The average molecular weight is 316 g/mol. The zero-order valence-electron chi connectivity index (χ0n) is 14.6. The summed E-state index contributed by atoms with van der Waals surface area (Å²) in [6.45, 7) is 1.38. The van der Waals surface area contributed by atoms with Crippen molar-refractivity contribution in [3.05, 3.63) is 0 Å². The SMILES string of the molecule is CC(=O)CC(=O)N(C)CN(C)C(=O)CC(=O)N(C)C.CNC. The van der Waals surface area contributed by atoms with Crippen LogP contribution in [0, 0.1) is 0 Å². The molecule has 0 aliphatic carbocycles. The Morgan fingerprint density at radius 2 is 1.14 bits per heavy atom. The number of hydrogen-bond acceptors (Lipinski definition) is 5. The van der Waals surface area contributed by atoms with Crippen molar-refractivity contribution in [3.8, 4) is 0 Å². The van der Waals surface area contributed by atoms with Crippen LogP contribution in [0.1, 0.15) is 19.8 Å². The molecule has 128 valence electrons. The lowest BCUT2D eigenvalue weighted by atomic mass is 10.3.